The van der Waals surface area contributed by atoms with E-state index in [-0.39, 0.29) is 0 Å². The van der Waals surface area contributed by atoms with Crippen molar-refractivity contribution in [2.45, 2.75) is 6.92 Å². The van der Waals surface area contributed by atoms with Crippen LogP contribution < -0.4 is 10.6 Å². The van der Waals surface area contributed by atoms with Gasteiger partial charge in [0.1, 0.15) is 0 Å². The number of benzene rings is 1. The van der Waals surface area contributed by atoms with Crippen LogP contribution in [0.4, 0.5) is 5.69 Å². The van der Waals surface area contributed by atoms with Gasteiger partial charge in [-0.2, -0.15) is 0 Å². The summed E-state index contributed by atoms with van der Waals surface area (Å²) >= 11 is 0. The standard InChI is InChI=1S/C13H18N2/c1-9-2-4-10(5-3-9)15-7-12-11(6-14)13(12)8-15/h2-5,11-13H,6-8,14H2,1H3. The third kappa shape index (κ3) is 1.44. The van der Waals surface area contributed by atoms with Crippen LogP contribution in [-0.2, 0) is 0 Å². The number of piperidine rings is 1. The Kier molecular flexibility index (Phi) is 1.99. The molecule has 2 fully saturated rings. The smallest absolute Gasteiger partial charge is 0.0366 e. The molecule has 0 amide bonds. The third-order valence-corrected chi connectivity index (χ3v) is 4.04. The van der Waals surface area contributed by atoms with E-state index >= 15 is 0 Å². The first-order chi connectivity index (χ1) is 7.29. The van der Waals surface area contributed by atoms with E-state index in [0.717, 1.165) is 24.3 Å². The lowest BCUT2D eigenvalue weighted by Gasteiger charge is -2.21. The molecule has 1 aromatic carbocycles. The molecule has 15 heavy (non-hydrogen) atoms. The van der Waals surface area contributed by atoms with E-state index in [2.05, 4.69) is 36.1 Å². The number of aryl methyl sites for hydroxylation is 1. The Balaban J connectivity index is 1.69. The van der Waals surface area contributed by atoms with Crippen LogP contribution >= 0.6 is 0 Å². The van der Waals surface area contributed by atoms with Gasteiger partial charge in [0.15, 0.2) is 0 Å². The Bertz CT molecular complexity index is 345. The van der Waals surface area contributed by atoms with Crippen LogP contribution in [0.15, 0.2) is 24.3 Å². The lowest BCUT2D eigenvalue weighted by molar-refractivity contribution is 0.648. The predicted octanol–water partition coefficient (Wildman–Crippen LogP) is 1.64. The Morgan fingerprint density at radius 1 is 1.20 bits per heavy atom. The van der Waals surface area contributed by atoms with Crippen LogP contribution in [-0.4, -0.2) is 19.6 Å². The van der Waals surface area contributed by atoms with Gasteiger partial charge < -0.3 is 10.6 Å². The maximum Gasteiger partial charge on any atom is 0.0366 e. The van der Waals surface area contributed by atoms with Gasteiger partial charge in [0, 0.05) is 18.8 Å². The number of fused-ring (bicyclic) bond motifs is 1. The Morgan fingerprint density at radius 2 is 1.80 bits per heavy atom. The molecule has 2 aliphatic rings. The number of hydrogen-bond donors (Lipinski definition) is 1. The number of anilines is 1. The van der Waals surface area contributed by atoms with Gasteiger partial charge >= 0.3 is 0 Å². The van der Waals surface area contributed by atoms with E-state index in [1.807, 2.05) is 0 Å². The molecule has 80 valence electrons. The van der Waals surface area contributed by atoms with E-state index < -0.39 is 0 Å². The van der Waals surface area contributed by atoms with Crippen molar-refractivity contribution >= 4 is 5.69 Å². The SMILES string of the molecule is Cc1ccc(N2CC3C(CN)C3C2)cc1. The molecular weight excluding hydrogens is 184 g/mol. The molecule has 0 bridgehead atoms. The second kappa shape index (κ2) is 3.24. The first kappa shape index (κ1) is 9.22. The normalized spacial score (nSPS) is 32.9. The minimum absolute atomic E-state index is 0.826. The summed E-state index contributed by atoms with van der Waals surface area (Å²) in [6.07, 6.45) is 0. The van der Waals surface area contributed by atoms with Crippen molar-refractivity contribution in [3.63, 3.8) is 0 Å². The van der Waals surface area contributed by atoms with Crippen LogP contribution in [0.25, 0.3) is 0 Å². The zero-order chi connectivity index (χ0) is 10.4. The van der Waals surface area contributed by atoms with Gasteiger partial charge in [0.05, 0.1) is 0 Å². The number of nitrogens with zero attached hydrogens (tertiary/aromatic N) is 1. The molecule has 2 heteroatoms. The van der Waals surface area contributed by atoms with E-state index in [4.69, 9.17) is 5.73 Å². The highest BCUT2D eigenvalue weighted by molar-refractivity contribution is 5.49. The largest absolute Gasteiger partial charge is 0.371 e. The zero-order valence-electron chi connectivity index (χ0n) is 9.19. The number of hydrogen-bond acceptors (Lipinski definition) is 2. The number of rotatable bonds is 2. The molecular formula is C13H18N2. The first-order valence-corrected chi connectivity index (χ1v) is 5.81. The van der Waals surface area contributed by atoms with E-state index in [1.54, 1.807) is 0 Å². The minimum Gasteiger partial charge on any atom is -0.371 e. The van der Waals surface area contributed by atoms with Crippen molar-refractivity contribution in [1.82, 2.24) is 0 Å². The summed E-state index contributed by atoms with van der Waals surface area (Å²) in [6.45, 7) is 5.46. The quantitative estimate of drug-likeness (QED) is 0.790. The molecule has 0 spiro atoms. The van der Waals surface area contributed by atoms with Crippen molar-refractivity contribution in [2.24, 2.45) is 23.5 Å². The van der Waals surface area contributed by atoms with Gasteiger partial charge in [-0.05, 0) is 43.4 Å². The molecule has 1 saturated heterocycles. The summed E-state index contributed by atoms with van der Waals surface area (Å²) in [5.74, 6) is 2.60. The summed E-state index contributed by atoms with van der Waals surface area (Å²) in [7, 11) is 0. The molecule has 2 atom stereocenters. The zero-order valence-corrected chi connectivity index (χ0v) is 9.19. The van der Waals surface area contributed by atoms with Crippen LogP contribution in [0.5, 0.6) is 0 Å². The van der Waals surface area contributed by atoms with Gasteiger partial charge in [-0.1, -0.05) is 17.7 Å². The molecule has 3 rings (SSSR count). The second-order valence-corrected chi connectivity index (χ2v) is 4.97. The van der Waals surface area contributed by atoms with Crippen molar-refractivity contribution in [3.8, 4) is 0 Å². The van der Waals surface area contributed by atoms with Crippen LogP contribution in [0, 0.1) is 24.7 Å². The molecule has 1 aromatic rings. The first-order valence-electron chi connectivity index (χ1n) is 5.81. The summed E-state index contributed by atoms with van der Waals surface area (Å²) in [4.78, 5) is 2.50. The molecule has 2 unspecified atom stereocenters. The van der Waals surface area contributed by atoms with Gasteiger partial charge in [0.25, 0.3) is 0 Å². The van der Waals surface area contributed by atoms with Crippen molar-refractivity contribution in [2.75, 3.05) is 24.5 Å². The van der Waals surface area contributed by atoms with Crippen molar-refractivity contribution in [3.05, 3.63) is 29.8 Å². The van der Waals surface area contributed by atoms with Crippen molar-refractivity contribution < 1.29 is 0 Å². The van der Waals surface area contributed by atoms with Crippen LogP contribution in [0.2, 0.25) is 0 Å². The van der Waals surface area contributed by atoms with Crippen molar-refractivity contribution in [1.29, 1.82) is 0 Å². The van der Waals surface area contributed by atoms with Gasteiger partial charge in [-0.15, -0.1) is 0 Å². The third-order valence-electron chi connectivity index (χ3n) is 4.04. The van der Waals surface area contributed by atoms with Gasteiger partial charge in [-0.3, -0.25) is 0 Å². The fraction of sp³-hybridized carbons (Fsp3) is 0.538. The molecule has 2 nitrogen and oxygen atoms in total. The molecule has 1 aliphatic heterocycles. The van der Waals surface area contributed by atoms with E-state index in [1.165, 1.54) is 24.3 Å². The fourth-order valence-electron chi connectivity index (χ4n) is 2.97. The second-order valence-electron chi connectivity index (χ2n) is 4.97. The highest BCUT2D eigenvalue weighted by Crippen LogP contribution is 2.51. The predicted molar refractivity (Wildman–Crippen MR) is 62.9 cm³/mol. The van der Waals surface area contributed by atoms with Gasteiger partial charge in [-0.25, -0.2) is 0 Å². The molecule has 2 N–H and O–H groups in total. The average Bonchev–Trinajstić information content (AvgIpc) is 2.72. The maximum absolute atomic E-state index is 5.71. The Hall–Kier alpha value is -1.02. The van der Waals surface area contributed by atoms with E-state index in [9.17, 15) is 0 Å². The summed E-state index contributed by atoms with van der Waals surface area (Å²) in [5, 5.41) is 0. The highest BCUT2D eigenvalue weighted by Gasteiger charge is 2.54. The van der Waals surface area contributed by atoms with Gasteiger partial charge in [0.2, 0.25) is 0 Å². The fourth-order valence-corrected chi connectivity index (χ4v) is 2.97. The summed E-state index contributed by atoms with van der Waals surface area (Å²) < 4.78 is 0. The topological polar surface area (TPSA) is 29.3 Å². The van der Waals surface area contributed by atoms with Crippen LogP contribution in [0.3, 0.4) is 0 Å². The lowest BCUT2D eigenvalue weighted by atomic mass is 10.2. The minimum atomic E-state index is 0.826. The average molecular weight is 202 g/mol. The number of nitrogens with two attached hydrogens (primary N) is 1. The highest BCUT2D eigenvalue weighted by atomic mass is 15.2. The Morgan fingerprint density at radius 3 is 2.33 bits per heavy atom. The van der Waals surface area contributed by atoms with E-state index in [0.29, 0.717) is 0 Å². The molecule has 1 aliphatic carbocycles. The molecule has 1 heterocycles. The molecule has 0 radical (unpaired) electrons. The summed E-state index contributed by atoms with van der Waals surface area (Å²) in [5.41, 5.74) is 8.42. The maximum atomic E-state index is 5.71. The summed E-state index contributed by atoms with van der Waals surface area (Å²) in [6, 6.07) is 8.86. The van der Waals surface area contributed by atoms with Crippen LogP contribution in [0.1, 0.15) is 5.56 Å². The molecule has 1 saturated carbocycles. The lowest BCUT2D eigenvalue weighted by Crippen LogP contribution is -2.25. The Labute approximate surface area is 91.1 Å². The molecule has 0 aromatic heterocycles. The monoisotopic (exact) mass is 202 g/mol.